The van der Waals surface area contributed by atoms with Crippen molar-refractivity contribution in [2.75, 3.05) is 19.5 Å². The number of aromatic amines is 1. The van der Waals surface area contributed by atoms with Gasteiger partial charge in [-0.1, -0.05) is 24.6 Å². The molecule has 0 aliphatic rings. The van der Waals surface area contributed by atoms with Crippen molar-refractivity contribution in [1.29, 1.82) is 0 Å². The van der Waals surface area contributed by atoms with Gasteiger partial charge in [0.15, 0.2) is 0 Å². The first-order chi connectivity index (χ1) is 13.5. The summed E-state index contributed by atoms with van der Waals surface area (Å²) in [6.07, 6.45) is 2.94. The van der Waals surface area contributed by atoms with Crippen LogP contribution in [0.25, 0.3) is 11.0 Å². The number of carbonyl (C=O) groups is 1. The van der Waals surface area contributed by atoms with E-state index in [0.717, 1.165) is 35.3 Å². The van der Waals surface area contributed by atoms with E-state index in [-0.39, 0.29) is 5.91 Å². The Bertz CT molecular complexity index is 984. The summed E-state index contributed by atoms with van der Waals surface area (Å²) < 4.78 is 10.5. The van der Waals surface area contributed by atoms with E-state index < -0.39 is 0 Å². The van der Waals surface area contributed by atoms with Gasteiger partial charge in [-0.25, -0.2) is 4.98 Å². The number of amides is 1. The minimum absolute atomic E-state index is 0.115. The Morgan fingerprint density at radius 3 is 2.64 bits per heavy atom. The number of H-pyrrole nitrogens is 1. The fourth-order valence-corrected chi connectivity index (χ4v) is 3.29. The molecule has 28 heavy (non-hydrogen) atoms. The van der Waals surface area contributed by atoms with Gasteiger partial charge in [0.1, 0.15) is 17.3 Å². The van der Waals surface area contributed by atoms with Crippen LogP contribution in [0.15, 0.2) is 30.3 Å². The molecule has 0 aliphatic heterocycles. The van der Waals surface area contributed by atoms with E-state index in [2.05, 4.69) is 28.3 Å². The molecule has 0 radical (unpaired) electrons. The largest absolute Gasteiger partial charge is 0.495 e. The van der Waals surface area contributed by atoms with Crippen molar-refractivity contribution in [3.05, 3.63) is 46.7 Å². The van der Waals surface area contributed by atoms with Crippen LogP contribution in [0.5, 0.6) is 11.5 Å². The van der Waals surface area contributed by atoms with Crippen LogP contribution in [0, 0.1) is 0 Å². The lowest BCUT2D eigenvalue weighted by Crippen LogP contribution is -2.13. The molecular weight excluding hydrogens is 378 g/mol. The molecule has 0 bridgehead atoms. The van der Waals surface area contributed by atoms with Crippen molar-refractivity contribution in [2.45, 2.75) is 32.6 Å². The van der Waals surface area contributed by atoms with E-state index in [1.807, 2.05) is 12.1 Å². The maximum absolute atomic E-state index is 12.4. The molecule has 3 aromatic rings. The van der Waals surface area contributed by atoms with Crippen LogP contribution in [-0.4, -0.2) is 30.1 Å². The van der Waals surface area contributed by atoms with Gasteiger partial charge in [0.2, 0.25) is 5.91 Å². The highest BCUT2D eigenvalue weighted by Crippen LogP contribution is 2.36. The number of halogens is 1. The number of anilines is 1. The molecule has 0 atom stereocenters. The van der Waals surface area contributed by atoms with E-state index in [0.29, 0.717) is 35.1 Å². The predicted octanol–water partition coefficient (Wildman–Crippen LogP) is 4.76. The molecule has 2 N–H and O–H groups in total. The minimum Gasteiger partial charge on any atom is -0.495 e. The lowest BCUT2D eigenvalue weighted by Gasteiger charge is -2.13. The summed E-state index contributed by atoms with van der Waals surface area (Å²) in [5.74, 6) is 1.87. The number of hydrogen-bond acceptors (Lipinski definition) is 4. The zero-order chi connectivity index (χ0) is 20.1. The number of aromatic nitrogens is 2. The summed E-state index contributed by atoms with van der Waals surface area (Å²) >= 11 is 6.15. The molecule has 1 amide bonds. The summed E-state index contributed by atoms with van der Waals surface area (Å²) in [5.41, 5.74) is 3.56. The summed E-state index contributed by atoms with van der Waals surface area (Å²) in [4.78, 5) is 20.3. The maximum atomic E-state index is 12.4. The van der Waals surface area contributed by atoms with Gasteiger partial charge < -0.3 is 19.8 Å². The Morgan fingerprint density at radius 1 is 1.14 bits per heavy atom. The van der Waals surface area contributed by atoms with Crippen molar-refractivity contribution >= 4 is 34.2 Å². The number of hydrogen-bond donors (Lipinski definition) is 2. The molecule has 0 fully saturated rings. The monoisotopic (exact) mass is 401 g/mol. The lowest BCUT2D eigenvalue weighted by atomic mass is 10.1. The first-order valence-corrected chi connectivity index (χ1v) is 9.60. The second kappa shape index (κ2) is 8.97. The standard InChI is InChI=1S/C21H24ClN3O3/c1-4-5-20-23-15-8-6-13(10-16(15)24-20)7-9-21(26)25-17-11-14(22)18(27-2)12-19(17)28-3/h6,8,10-12H,4-5,7,9H2,1-3H3,(H,23,24)(H,25,26). The van der Waals surface area contributed by atoms with Crippen molar-refractivity contribution in [3.63, 3.8) is 0 Å². The molecule has 3 rings (SSSR count). The van der Waals surface area contributed by atoms with Gasteiger partial charge in [-0.15, -0.1) is 0 Å². The fourth-order valence-electron chi connectivity index (χ4n) is 3.05. The Balaban J connectivity index is 1.65. The van der Waals surface area contributed by atoms with E-state index in [1.54, 1.807) is 12.1 Å². The van der Waals surface area contributed by atoms with Crippen molar-refractivity contribution in [1.82, 2.24) is 9.97 Å². The van der Waals surface area contributed by atoms with Crippen LogP contribution < -0.4 is 14.8 Å². The Hall–Kier alpha value is -2.73. The number of carbonyl (C=O) groups excluding carboxylic acids is 1. The number of nitrogens with zero attached hydrogens (tertiary/aromatic N) is 1. The topological polar surface area (TPSA) is 76.2 Å². The normalized spacial score (nSPS) is 10.9. The molecule has 7 heteroatoms. The van der Waals surface area contributed by atoms with Crippen LogP contribution in [0.2, 0.25) is 5.02 Å². The average Bonchev–Trinajstić information content (AvgIpc) is 3.08. The molecule has 0 unspecified atom stereocenters. The van der Waals surface area contributed by atoms with Crippen molar-refractivity contribution in [2.24, 2.45) is 0 Å². The summed E-state index contributed by atoms with van der Waals surface area (Å²) in [7, 11) is 3.06. The van der Waals surface area contributed by atoms with Crippen LogP contribution in [-0.2, 0) is 17.6 Å². The quantitative estimate of drug-likeness (QED) is 0.570. The summed E-state index contributed by atoms with van der Waals surface area (Å²) in [6.45, 7) is 2.13. The van der Waals surface area contributed by atoms with Crippen LogP contribution >= 0.6 is 11.6 Å². The molecule has 148 valence electrons. The van der Waals surface area contributed by atoms with Gasteiger partial charge in [-0.2, -0.15) is 0 Å². The lowest BCUT2D eigenvalue weighted by molar-refractivity contribution is -0.116. The molecule has 0 spiro atoms. The highest BCUT2D eigenvalue weighted by molar-refractivity contribution is 6.32. The van der Waals surface area contributed by atoms with Gasteiger partial charge in [0.25, 0.3) is 0 Å². The third-order valence-corrected chi connectivity index (χ3v) is 4.77. The highest BCUT2D eigenvalue weighted by atomic mass is 35.5. The third kappa shape index (κ3) is 4.57. The molecule has 1 heterocycles. The van der Waals surface area contributed by atoms with E-state index >= 15 is 0 Å². The minimum atomic E-state index is -0.115. The molecule has 0 saturated carbocycles. The Labute approximate surface area is 169 Å². The first kappa shape index (κ1) is 20.0. The number of benzene rings is 2. The van der Waals surface area contributed by atoms with Crippen LogP contribution in [0.1, 0.15) is 31.2 Å². The first-order valence-electron chi connectivity index (χ1n) is 9.23. The molecule has 2 aromatic carbocycles. The molecular formula is C21H24ClN3O3. The highest BCUT2D eigenvalue weighted by Gasteiger charge is 2.13. The number of imidazole rings is 1. The van der Waals surface area contributed by atoms with E-state index in [1.165, 1.54) is 14.2 Å². The molecule has 1 aromatic heterocycles. The van der Waals surface area contributed by atoms with Crippen molar-refractivity contribution < 1.29 is 14.3 Å². The van der Waals surface area contributed by atoms with Crippen LogP contribution in [0.4, 0.5) is 5.69 Å². The number of rotatable bonds is 8. The number of fused-ring (bicyclic) bond motifs is 1. The van der Waals surface area contributed by atoms with Crippen LogP contribution in [0.3, 0.4) is 0 Å². The number of methoxy groups -OCH3 is 2. The second-order valence-corrected chi connectivity index (χ2v) is 6.93. The van der Waals surface area contributed by atoms with Gasteiger partial charge in [0.05, 0.1) is 36.0 Å². The zero-order valence-electron chi connectivity index (χ0n) is 16.3. The Kier molecular flexibility index (Phi) is 6.41. The molecule has 0 saturated heterocycles. The smallest absolute Gasteiger partial charge is 0.224 e. The Morgan fingerprint density at radius 2 is 1.93 bits per heavy atom. The average molecular weight is 402 g/mol. The van der Waals surface area contributed by atoms with Gasteiger partial charge >= 0.3 is 0 Å². The number of aryl methyl sites for hydroxylation is 2. The molecule has 0 aliphatic carbocycles. The zero-order valence-corrected chi connectivity index (χ0v) is 17.0. The second-order valence-electron chi connectivity index (χ2n) is 6.52. The van der Waals surface area contributed by atoms with Gasteiger partial charge in [-0.05, 0) is 36.6 Å². The van der Waals surface area contributed by atoms with Gasteiger partial charge in [0, 0.05) is 18.9 Å². The number of ether oxygens (including phenoxy) is 2. The van der Waals surface area contributed by atoms with Gasteiger partial charge in [-0.3, -0.25) is 4.79 Å². The third-order valence-electron chi connectivity index (χ3n) is 4.47. The summed E-state index contributed by atoms with van der Waals surface area (Å²) in [5, 5.41) is 3.27. The fraction of sp³-hybridized carbons (Fsp3) is 0.333. The van der Waals surface area contributed by atoms with Crippen molar-refractivity contribution in [3.8, 4) is 11.5 Å². The predicted molar refractivity (Wildman–Crippen MR) is 112 cm³/mol. The van der Waals surface area contributed by atoms with E-state index in [9.17, 15) is 4.79 Å². The summed E-state index contributed by atoms with van der Waals surface area (Å²) in [6, 6.07) is 9.34. The number of nitrogens with one attached hydrogen (secondary N) is 2. The molecule has 6 nitrogen and oxygen atoms in total. The maximum Gasteiger partial charge on any atom is 0.224 e. The SMILES string of the molecule is CCCc1nc2ccc(CCC(=O)Nc3cc(Cl)c(OC)cc3OC)cc2[nH]1. The van der Waals surface area contributed by atoms with E-state index in [4.69, 9.17) is 21.1 Å².